The van der Waals surface area contributed by atoms with Crippen molar-refractivity contribution in [3.63, 3.8) is 0 Å². The van der Waals surface area contributed by atoms with E-state index in [1.807, 2.05) is 0 Å². The van der Waals surface area contributed by atoms with Gasteiger partial charge in [0.15, 0.2) is 0 Å². The molecule has 81 heavy (non-hydrogen) atoms. The van der Waals surface area contributed by atoms with E-state index in [4.69, 9.17) is 0 Å². The van der Waals surface area contributed by atoms with Crippen molar-refractivity contribution in [2.24, 2.45) is 0 Å². The van der Waals surface area contributed by atoms with Crippen molar-refractivity contribution in [1.29, 1.82) is 0 Å². The van der Waals surface area contributed by atoms with Gasteiger partial charge in [0.05, 0.1) is 0 Å². The molecule has 0 N–H and O–H groups in total. The molecule has 11 aromatic rings. The Morgan fingerprint density at radius 3 is 0.778 bits per heavy atom. The molecule has 0 spiro atoms. The molecule has 0 fully saturated rings. The molecule has 0 aliphatic heterocycles. The largest absolute Gasteiger partial charge is 0.310 e. The van der Waals surface area contributed by atoms with E-state index in [1.54, 1.807) is 0 Å². The molecule has 0 bridgehead atoms. The average molecular weight is 1040 g/mol. The van der Waals surface area contributed by atoms with Crippen molar-refractivity contribution < 1.29 is 0 Å². The van der Waals surface area contributed by atoms with E-state index in [1.165, 1.54) is 117 Å². The van der Waals surface area contributed by atoms with Gasteiger partial charge in [-0.3, -0.25) is 0 Å². The summed E-state index contributed by atoms with van der Waals surface area (Å²) in [4.78, 5) is 5.08. The summed E-state index contributed by atoms with van der Waals surface area (Å²) in [6.45, 7) is 19.1. The number of fused-ring (bicyclic) bond motifs is 15. The van der Waals surface area contributed by atoms with Gasteiger partial charge in [-0.25, -0.2) is 0 Å². The van der Waals surface area contributed by atoms with Crippen LogP contribution in [0.5, 0.6) is 0 Å². The minimum Gasteiger partial charge on any atom is -0.310 e. The molecule has 0 unspecified atom stereocenters. The number of rotatable bonds is 7. The summed E-state index contributed by atoms with van der Waals surface area (Å²) >= 11 is 0. The fourth-order valence-electron chi connectivity index (χ4n) is 15.7. The molecule has 0 saturated carbocycles. The van der Waals surface area contributed by atoms with Gasteiger partial charge in [0.2, 0.25) is 0 Å². The Labute approximate surface area is 477 Å². The third-order valence-electron chi connectivity index (χ3n) is 19.9. The van der Waals surface area contributed by atoms with Crippen LogP contribution in [0.2, 0.25) is 0 Å². The second-order valence-corrected chi connectivity index (χ2v) is 25.7. The second kappa shape index (κ2) is 16.8. The summed E-state index contributed by atoms with van der Waals surface area (Å²) in [5.41, 5.74) is 34.4. The highest BCUT2D eigenvalue weighted by Crippen LogP contribution is 2.58. The smallest absolute Gasteiger partial charge is 0.0468 e. The van der Waals surface area contributed by atoms with Crippen LogP contribution in [0.1, 0.15) is 123 Å². The normalized spacial score (nSPS) is 16.0. The van der Waals surface area contributed by atoms with Crippen molar-refractivity contribution in [2.75, 3.05) is 9.80 Å². The lowest BCUT2D eigenvalue weighted by molar-refractivity contribution is 0.659. The summed E-state index contributed by atoms with van der Waals surface area (Å²) in [6, 6.07) is 90.7. The first-order chi connectivity index (χ1) is 39.2. The van der Waals surface area contributed by atoms with Gasteiger partial charge >= 0.3 is 0 Å². The lowest BCUT2D eigenvalue weighted by Crippen LogP contribution is -2.18. The molecule has 5 aliphatic carbocycles. The molecule has 0 atom stereocenters. The minimum atomic E-state index is -0.158. The SMILES string of the molecule is CC1(C)c2ccccc2-c2ccc(N(c3ccc4c(c3)-c3cc(N(c5ccc6c(c5)C(C)(C)c5ccccc5-6)c5ccc6c(c5)C(C)(C)c5ccccc5-6)ccc3C4c3ccccc3)c3ccc4c(c3)C(C)(C)c3ccccc3-4)cc21. The maximum Gasteiger partial charge on any atom is 0.0468 e. The zero-order valence-corrected chi connectivity index (χ0v) is 47.5. The lowest BCUT2D eigenvalue weighted by Gasteiger charge is -2.30. The first-order valence-corrected chi connectivity index (χ1v) is 29.1. The molecule has 0 saturated heterocycles. The highest BCUT2D eigenvalue weighted by atomic mass is 15.1. The van der Waals surface area contributed by atoms with E-state index in [-0.39, 0.29) is 27.6 Å². The van der Waals surface area contributed by atoms with Gasteiger partial charge in [-0.15, -0.1) is 0 Å². The topological polar surface area (TPSA) is 6.48 Å². The third-order valence-corrected chi connectivity index (χ3v) is 19.9. The van der Waals surface area contributed by atoms with Gasteiger partial charge in [-0.05, 0) is 190 Å². The third kappa shape index (κ3) is 6.68. The molecule has 11 aromatic carbocycles. The molecule has 2 nitrogen and oxygen atoms in total. The molecule has 2 heteroatoms. The quantitative estimate of drug-likeness (QED) is 0.157. The van der Waals surface area contributed by atoms with Gasteiger partial charge in [0, 0.05) is 61.7 Å². The maximum absolute atomic E-state index is 2.54. The van der Waals surface area contributed by atoms with Crippen LogP contribution in [0.15, 0.2) is 237 Å². The van der Waals surface area contributed by atoms with Gasteiger partial charge in [0.25, 0.3) is 0 Å². The molecule has 390 valence electrons. The number of benzene rings is 11. The first kappa shape index (κ1) is 48.0. The molecule has 0 aromatic heterocycles. The fraction of sp³-hybridized carbons (Fsp3) is 0.165. The highest BCUT2D eigenvalue weighted by Gasteiger charge is 2.41. The van der Waals surface area contributed by atoms with E-state index in [0.29, 0.717) is 0 Å². The predicted octanol–water partition coefficient (Wildman–Crippen LogP) is 21.0. The Morgan fingerprint density at radius 1 is 0.222 bits per heavy atom. The van der Waals surface area contributed by atoms with Crippen LogP contribution in [0, 0.1) is 0 Å². The fourth-order valence-corrected chi connectivity index (χ4v) is 15.7. The van der Waals surface area contributed by atoms with E-state index in [2.05, 4.69) is 302 Å². The predicted molar refractivity (Wildman–Crippen MR) is 339 cm³/mol. The Morgan fingerprint density at radius 2 is 0.469 bits per heavy atom. The average Bonchev–Trinajstić information content (AvgIpc) is 4.33. The Bertz CT molecular complexity index is 4010. The molecule has 5 aliphatic rings. The second-order valence-electron chi connectivity index (χ2n) is 25.7. The molecular formula is C79H64N2. The summed E-state index contributed by atoms with van der Waals surface area (Å²) in [5.74, 6) is 0.0680. The van der Waals surface area contributed by atoms with Crippen LogP contribution < -0.4 is 9.80 Å². The van der Waals surface area contributed by atoms with Crippen LogP contribution in [-0.4, -0.2) is 0 Å². The summed E-state index contributed by atoms with van der Waals surface area (Å²) < 4.78 is 0. The number of nitrogens with zero attached hydrogens (tertiary/aromatic N) is 2. The van der Waals surface area contributed by atoms with Crippen molar-refractivity contribution in [3.05, 3.63) is 298 Å². The van der Waals surface area contributed by atoms with Gasteiger partial charge < -0.3 is 9.80 Å². The van der Waals surface area contributed by atoms with Gasteiger partial charge in [0.1, 0.15) is 0 Å². The van der Waals surface area contributed by atoms with Gasteiger partial charge in [-0.2, -0.15) is 0 Å². The number of hydrogen-bond donors (Lipinski definition) is 0. The van der Waals surface area contributed by atoms with Crippen LogP contribution >= 0.6 is 0 Å². The van der Waals surface area contributed by atoms with Crippen LogP contribution in [0.3, 0.4) is 0 Å². The van der Waals surface area contributed by atoms with Crippen LogP contribution in [0.25, 0.3) is 55.6 Å². The van der Waals surface area contributed by atoms with Crippen LogP contribution in [-0.2, 0) is 21.7 Å². The molecule has 16 rings (SSSR count). The van der Waals surface area contributed by atoms with Crippen molar-refractivity contribution in [3.8, 4) is 55.6 Å². The van der Waals surface area contributed by atoms with Crippen LogP contribution in [0.4, 0.5) is 34.1 Å². The lowest BCUT2D eigenvalue weighted by atomic mass is 9.82. The molecule has 0 heterocycles. The summed E-state index contributed by atoms with van der Waals surface area (Å²) in [7, 11) is 0. The van der Waals surface area contributed by atoms with Crippen molar-refractivity contribution in [2.45, 2.75) is 83.0 Å². The summed E-state index contributed by atoms with van der Waals surface area (Å²) in [6.07, 6.45) is 0. The Kier molecular flexibility index (Phi) is 9.94. The monoisotopic (exact) mass is 1040 g/mol. The standard InChI is InChI=1S/C79H64N2/c1-76(2)67-26-16-12-22-55(67)59-36-30-51(44-71(59)76)80(52-31-37-60-56-23-13-17-27-68(56)77(3,4)72(60)45-52)49-34-40-63-65(42-49)66-43-50(35-41-64(66)75(63)48-20-10-9-11-21-48)81(53-32-38-61-57-24-14-18-28-69(57)78(5,6)73(61)46-53)54-33-39-62-58-25-15-19-29-70(58)79(7,8)74(62)47-54/h9-47,75H,1-8H3. The Hall–Kier alpha value is -8.98. The van der Waals surface area contributed by atoms with Crippen molar-refractivity contribution >= 4 is 34.1 Å². The zero-order chi connectivity index (χ0) is 54.9. The minimum absolute atomic E-state index is 0.0680. The van der Waals surface area contributed by atoms with E-state index in [9.17, 15) is 0 Å². The number of anilines is 6. The highest BCUT2D eigenvalue weighted by molar-refractivity contribution is 5.94. The van der Waals surface area contributed by atoms with E-state index >= 15 is 0 Å². The molecule has 0 radical (unpaired) electrons. The zero-order valence-electron chi connectivity index (χ0n) is 47.5. The summed E-state index contributed by atoms with van der Waals surface area (Å²) in [5, 5.41) is 0. The van der Waals surface area contributed by atoms with Gasteiger partial charge in [-0.1, -0.05) is 219 Å². The number of hydrogen-bond acceptors (Lipinski definition) is 2. The Balaban J connectivity index is 0.901. The first-order valence-electron chi connectivity index (χ1n) is 29.1. The molecule has 0 amide bonds. The van der Waals surface area contributed by atoms with E-state index in [0.717, 1.165) is 34.1 Å². The van der Waals surface area contributed by atoms with Crippen molar-refractivity contribution in [1.82, 2.24) is 0 Å². The van der Waals surface area contributed by atoms with E-state index < -0.39 is 0 Å². The maximum atomic E-state index is 2.54. The molecular weight excluding hydrogens is 977 g/mol.